The fourth-order valence-corrected chi connectivity index (χ4v) is 1.37. The molecule has 0 heterocycles. The number of unbranched alkanes of at least 4 members (excludes halogenated alkanes) is 1. The van der Waals surface area contributed by atoms with Crippen LogP contribution in [0.15, 0.2) is 0 Å². The molecule has 1 unspecified atom stereocenters. The second-order valence-corrected chi connectivity index (χ2v) is 3.72. The van der Waals surface area contributed by atoms with E-state index in [1.165, 1.54) is 32.1 Å². The van der Waals surface area contributed by atoms with Crippen LogP contribution in [0.5, 0.6) is 0 Å². The van der Waals surface area contributed by atoms with E-state index in [2.05, 4.69) is 31.6 Å². The zero-order valence-corrected chi connectivity index (χ0v) is 9.53. The summed E-state index contributed by atoms with van der Waals surface area (Å²) in [5, 5.41) is 0. The average molecular weight is 186 g/mol. The molecule has 0 radical (unpaired) electrons. The largest absolute Gasteiger partial charge is 0.258 e. The van der Waals surface area contributed by atoms with Crippen molar-refractivity contribution in [1.82, 2.24) is 10.9 Å². The van der Waals surface area contributed by atoms with E-state index in [0.717, 1.165) is 19.0 Å². The van der Waals surface area contributed by atoms with E-state index in [4.69, 9.17) is 0 Å². The summed E-state index contributed by atoms with van der Waals surface area (Å²) in [5.41, 5.74) is 6.52. The van der Waals surface area contributed by atoms with Crippen molar-refractivity contribution in [3.63, 3.8) is 0 Å². The number of hydrogen-bond acceptors (Lipinski definition) is 2. The number of nitrogens with one attached hydrogen (secondary N) is 2. The van der Waals surface area contributed by atoms with E-state index >= 15 is 0 Å². The van der Waals surface area contributed by atoms with Crippen LogP contribution in [0.3, 0.4) is 0 Å². The van der Waals surface area contributed by atoms with Crippen LogP contribution in [0.4, 0.5) is 0 Å². The second kappa shape index (κ2) is 10.0. The summed E-state index contributed by atoms with van der Waals surface area (Å²) in [7, 11) is 0. The van der Waals surface area contributed by atoms with Crippen molar-refractivity contribution < 1.29 is 0 Å². The van der Waals surface area contributed by atoms with Crippen molar-refractivity contribution in [3.05, 3.63) is 0 Å². The molecule has 0 amide bonds. The monoisotopic (exact) mass is 186 g/mol. The predicted molar refractivity (Wildman–Crippen MR) is 59.6 cm³/mol. The Labute approximate surface area is 83.5 Å². The lowest BCUT2D eigenvalue weighted by Crippen LogP contribution is -2.36. The second-order valence-electron chi connectivity index (χ2n) is 3.72. The summed E-state index contributed by atoms with van der Waals surface area (Å²) in [6.45, 7) is 8.92. The molecular weight excluding hydrogens is 160 g/mol. The van der Waals surface area contributed by atoms with E-state index in [1.807, 2.05) is 0 Å². The molecule has 0 aliphatic rings. The highest BCUT2D eigenvalue weighted by Gasteiger charge is 2.03. The van der Waals surface area contributed by atoms with Gasteiger partial charge in [0.05, 0.1) is 0 Å². The van der Waals surface area contributed by atoms with Gasteiger partial charge >= 0.3 is 0 Å². The highest BCUT2D eigenvalue weighted by Crippen LogP contribution is 2.10. The molecule has 13 heavy (non-hydrogen) atoms. The molecule has 1 atom stereocenters. The first-order chi connectivity index (χ1) is 6.35. The molecule has 2 heteroatoms. The topological polar surface area (TPSA) is 24.1 Å². The Kier molecular flexibility index (Phi) is 9.94. The lowest BCUT2D eigenvalue weighted by molar-refractivity contribution is 0.387. The summed E-state index contributed by atoms with van der Waals surface area (Å²) >= 11 is 0. The highest BCUT2D eigenvalue weighted by atomic mass is 15.3. The van der Waals surface area contributed by atoms with Crippen molar-refractivity contribution in [3.8, 4) is 0 Å². The summed E-state index contributed by atoms with van der Waals surface area (Å²) in [6, 6.07) is 0. The number of hydrazine groups is 1. The van der Waals surface area contributed by atoms with E-state index in [1.54, 1.807) is 0 Å². The predicted octanol–water partition coefficient (Wildman–Crippen LogP) is 2.71. The van der Waals surface area contributed by atoms with E-state index in [-0.39, 0.29) is 0 Å². The van der Waals surface area contributed by atoms with Crippen molar-refractivity contribution in [2.45, 2.75) is 52.9 Å². The molecular formula is C11H26N2. The smallest absolute Gasteiger partial charge is 0.0128 e. The third-order valence-electron chi connectivity index (χ3n) is 2.43. The fourth-order valence-electron chi connectivity index (χ4n) is 1.37. The first kappa shape index (κ1) is 12.9. The van der Waals surface area contributed by atoms with Crippen LogP contribution in [0.1, 0.15) is 52.9 Å². The van der Waals surface area contributed by atoms with Crippen molar-refractivity contribution in [1.29, 1.82) is 0 Å². The minimum Gasteiger partial charge on any atom is -0.258 e. The molecule has 0 aromatic heterocycles. The molecule has 0 fully saturated rings. The van der Waals surface area contributed by atoms with Gasteiger partial charge in [-0.2, -0.15) is 0 Å². The quantitative estimate of drug-likeness (QED) is 0.427. The van der Waals surface area contributed by atoms with Crippen LogP contribution in [0.2, 0.25) is 0 Å². The van der Waals surface area contributed by atoms with Crippen LogP contribution >= 0.6 is 0 Å². The summed E-state index contributed by atoms with van der Waals surface area (Å²) in [6.07, 6.45) is 6.54. The van der Waals surface area contributed by atoms with Gasteiger partial charge in [0, 0.05) is 13.1 Å². The Bertz CT molecular complexity index is 94.1. The maximum Gasteiger partial charge on any atom is 0.0128 e. The summed E-state index contributed by atoms with van der Waals surface area (Å²) in [5.74, 6) is 0.851. The zero-order valence-electron chi connectivity index (χ0n) is 9.53. The Morgan fingerprint density at radius 3 is 2.31 bits per heavy atom. The molecule has 0 aliphatic heterocycles. The molecule has 0 spiro atoms. The third kappa shape index (κ3) is 8.26. The Morgan fingerprint density at radius 1 is 1.00 bits per heavy atom. The van der Waals surface area contributed by atoms with E-state index in [0.29, 0.717) is 0 Å². The standard InChI is InChI=1S/C11H26N2/c1-4-7-8-11(6-3)10-13-12-9-5-2/h11-13H,4-10H2,1-3H3. The molecule has 0 aromatic carbocycles. The van der Waals surface area contributed by atoms with Crippen molar-refractivity contribution in [2.75, 3.05) is 13.1 Å². The minimum absolute atomic E-state index is 0.851. The van der Waals surface area contributed by atoms with Gasteiger partial charge in [-0.25, -0.2) is 0 Å². The van der Waals surface area contributed by atoms with Gasteiger partial charge in [-0.15, -0.1) is 0 Å². The maximum absolute atomic E-state index is 3.30. The van der Waals surface area contributed by atoms with Crippen LogP contribution in [0.25, 0.3) is 0 Å². The molecule has 0 saturated carbocycles. The molecule has 0 bridgehead atoms. The summed E-state index contributed by atoms with van der Waals surface area (Å²) < 4.78 is 0. The minimum atomic E-state index is 0.851. The van der Waals surface area contributed by atoms with Gasteiger partial charge in [0.2, 0.25) is 0 Å². The summed E-state index contributed by atoms with van der Waals surface area (Å²) in [4.78, 5) is 0. The van der Waals surface area contributed by atoms with Gasteiger partial charge in [0.15, 0.2) is 0 Å². The number of hydrogen-bond donors (Lipinski definition) is 2. The molecule has 0 aliphatic carbocycles. The van der Waals surface area contributed by atoms with Gasteiger partial charge in [-0.05, 0) is 18.8 Å². The Hall–Kier alpha value is -0.0800. The van der Waals surface area contributed by atoms with Gasteiger partial charge in [-0.3, -0.25) is 10.9 Å². The Morgan fingerprint density at radius 2 is 1.77 bits per heavy atom. The van der Waals surface area contributed by atoms with E-state index < -0.39 is 0 Å². The van der Waals surface area contributed by atoms with Crippen LogP contribution in [-0.2, 0) is 0 Å². The fraction of sp³-hybridized carbons (Fsp3) is 1.00. The SMILES string of the molecule is CCCCC(CC)CNNCCC. The van der Waals surface area contributed by atoms with Crippen LogP contribution in [-0.4, -0.2) is 13.1 Å². The highest BCUT2D eigenvalue weighted by molar-refractivity contribution is 4.58. The zero-order chi connectivity index (χ0) is 9.94. The molecule has 80 valence electrons. The maximum atomic E-state index is 3.30. The molecule has 0 aromatic rings. The lowest BCUT2D eigenvalue weighted by Gasteiger charge is -2.15. The molecule has 0 saturated heterocycles. The first-order valence-electron chi connectivity index (χ1n) is 5.80. The Balaban J connectivity index is 3.25. The molecule has 2 nitrogen and oxygen atoms in total. The average Bonchev–Trinajstić information content (AvgIpc) is 2.17. The van der Waals surface area contributed by atoms with Gasteiger partial charge < -0.3 is 0 Å². The van der Waals surface area contributed by atoms with Gasteiger partial charge in [0.25, 0.3) is 0 Å². The molecule has 2 N–H and O–H groups in total. The van der Waals surface area contributed by atoms with E-state index in [9.17, 15) is 0 Å². The van der Waals surface area contributed by atoms with Crippen LogP contribution < -0.4 is 10.9 Å². The lowest BCUT2D eigenvalue weighted by atomic mass is 10.00. The molecule has 0 rings (SSSR count). The van der Waals surface area contributed by atoms with Crippen molar-refractivity contribution in [2.24, 2.45) is 5.92 Å². The van der Waals surface area contributed by atoms with Crippen LogP contribution in [0, 0.1) is 5.92 Å². The normalized spacial score (nSPS) is 13.2. The number of rotatable bonds is 9. The first-order valence-corrected chi connectivity index (χ1v) is 5.80. The third-order valence-corrected chi connectivity index (χ3v) is 2.43. The van der Waals surface area contributed by atoms with Gasteiger partial charge in [0.1, 0.15) is 0 Å². The van der Waals surface area contributed by atoms with Crippen molar-refractivity contribution >= 4 is 0 Å². The van der Waals surface area contributed by atoms with Gasteiger partial charge in [-0.1, -0.05) is 40.0 Å².